The van der Waals surface area contributed by atoms with E-state index in [4.69, 9.17) is 0 Å². The zero-order valence-electron chi connectivity index (χ0n) is 12.3. The Kier molecular flexibility index (Phi) is 8.25. The molecular formula is C14H26N4S. The topological polar surface area (TPSA) is 39.7 Å². The molecule has 1 aromatic heterocycles. The second kappa shape index (κ2) is 9.81. The number of hydrogen-bond acceptors (Lipinski definition) is 3. The zero-order valence-corrected chi connectivity index (χ0v) is 13.1. The van der Waals surface area contributed by atoms with Gasteiger partial charge in [0.1, 0.15) is 0 Å². The minimum atomic E-state index is 0.828. The van der Waals surface area contributed by atoms with Gasteiger partial charge >= 0.3 is 0 Å². The number of nitrogens with one attached hydrogen (secondary N) is 2. The van der Waals surface area contributed by atoms with Crippen molar-refractivity contribution in [2.75, 3.05) is 33.7 Å². The summed E-state index contributed by atoms with van der Waals surface area (Å²) in [7, 11) is 3.97. The van der Waals surface area contributed by atoms with E-state index in [0.29, 0.717) is 0 Å². The quantitative estimate of drug-likeness (QED) is 0.567. The number of guanidine groups is 1. The van der Waals surface area contributed by atoms with Gasteiger partial charge in [-0.25, -0.2) is 0 Å². The molecule has 0 aliphatic heterocycles. The van der Waals surface area contributed by atoms with Gasteiger partial charge in [-0.3, -0.25) is 4.99 Å². The summed E-state index contributed by atoms with van der Waals surface area (Å²) in [6.45, 7) is 6.18. The van der Waals surface area contributed by atoms with Crippen molar-refractivity contribution in [3.8, 4) is 0 Å². The summed E-state index contributed by atoms with van der Waals surface area (Å²) >= 11 is 1.72. The van der Waals surface area contributed by atoms with Crippen molar-refractivity contribution in [2.45, 2.75) is 26.3 Å². The van der Waals surface area contributed by atoms with Gasteiger partial charge in [0.05, 0.1) is 0 Å². The average molecular weight is 282 g/mol. The normalized spacial score (nSPS) is 11.9. The minimum absolute atomic E-state index is 0.828. The van der Waals surface area contributed by atoms with Crippen LogP contribution in [0.15, 0.2) is 21.8 Å². The monoisotopic (exact) mass is 282 g/mol. The van der Waals surface area contributed by atoms with E-state index in [2.05, 4.69) is 51.3 Å². The molecule has 2 N–H and O–H groups in total. The van der Waals surface area contributed by atoms with E-state index >= 15 is 0 Å². The Morgan fingerprint density at radius 3 is 2.84 bits per heavy atom. The van der Waals surface area contributed by atoms with Gasteiger partial charge in [-0.05, 0) is 42.4 Å². The second-order valence-electron chi connectivity index (χ2n) is 4.64. The number of aliphatic imine (C=N–C) groups is 1. The maximum Gasteiger partial charge on any atom is 0.191 e. The molecule has 0 spiro atoms. The molecule has 0 radical (unpaired) electrons. The summed E-state index contributed by atoms with van der Waals surface area (Å²) in [4.78, 5) is 6.58. The van der Waals surface area contributed by atoms with Crippen molar-refractivity contribution in [3.05, 3.63) is 22.4 Å². The van der Waals surface area contributed by atoms with Crippen molar-refractivity contribution in [1.29, 1.82) is 0 Å². The van der Waals surface area contributed by atoms with Crippen LogP contribution in [0.25, 0.3) is 0 Å². The van der Waals surface area contributed by atoms with Crippen LogP contribution < -0.4 is 10.6 Å². The third kappa shape index (κ3) is 7.18. The molecule has 4 nitrogen and oxygen atoms in total. The zero-order chi connectivity index (χ0) is 13.9. The van der Waals surface area contributed by atoms with E-state index < -0.39 is 0 Å². The highest BCUT2D eigenvalue weighted by Crippen LogP contribution is 2.04. The highest BCUT2D eigenvalue weighted by Gasteiger charge is 2.00. The number of hydrogen-bond donors (Lipinski definition) is 2. The third-order valence-corrected chi connectivity index (χ3v) is 3.68. The van der Waals surface area contributed by atoms with Crippen molar-refractivity contribution >= 4 is 17.3 Å². The first-order chi connectivity index (χ1) is 9.26. The van der Waals surface area contributed by atoms with Gasteiger partial charge in [-0.15, -0.1) is 0 Å². The van der Waals surface area contributed by atoms with E-state index in [1.165, 1.54) is 24.9 Å². The van der Waals surface area contributed by atoms with Gasteiger partial charge in [0.15, 0.2) is 5.96 Å². The van der Waals surface area contributed by atoms with Crippen LogP contribution in [0.5, 0.6) is 0 Å². The van der Waals surface area contributed by atoms with E-state index in [-0.39, 0.29) is 0 Å². The number of likely N-dealkylation sites (N-methyl/N-ethyl adjacent to an activating group) is 1. The van der Waals surface area contributed by atoms with E-state index in [0.717, 1.165) is 25.6 Å². The van der Waals surface area contributed by atoms with Crippen LogP contribution in [-0.2, 0) is 6.54 Å². The average Bonchev–Trinajstić information content (AvgIpc) is 2.93. The number of thiophene rings is 1. The third-order valence-electron chi connectivity index (χ3n) is 2.94. The van der Waals surface area contributed by atoms with Gasteiger partial charge in [0, 0.05) is 26.7 Å². The lowest BCUT2D eigenvalue weighted by Crippen LogP contribution is -2.40. The van der Waals surface area contributed by atoms with Crippen LogP contribution in [0.1, 0.15) is 25.3 Å². The van der Waals surface area contributed by atoms with Crippen molar-refractivity contribution in [2.24, 2.45) is 4.99 Å². The number of unbranched alkanes of at least 4 members (excludes halogenated alkanes) is 1. The summed E-state index contributed by atoms with van der Waals surface area (Å²) in [6, 6.07) is 2.13. The molecule has 0 aromatic carbocycles. The van der Waals surface area contributed by atoms with Crippen LogP contribution in [0, 0.1) is 0 Å². The molecular weight excluding hydrogens is 256 g/mol. The molecule has 5 heteroatoms. The van der Waals surface area contributed by atoms with Crippen LogP contribution in [-0.4, -0.2) is 44.6 Å². The van der Waals surface area contributed by atoms with Crippen molar-refractivity contribution < 1.29 is 0 Å². The molecule has 19 heavy (non-hydrogen) atoms. The van der Waals surface area contributed by atoms with Crippen molar-refractivity contribution in [1.82, 2.24) is 15.5 Å². The van der Waals surface area contributed by atoms with E-state index in [1.54, 1.807) is 11.3 Å². The van der Waals surface area contributed by atoms with Crippen LogP contribution in [0.3, 0.4) is 0 Å². The smallest absolute Gasteiger partial charge is 0.191 e. The van der Waals surface area contributed by atoms with Crippen LogP contribution in [0.2, 0.25) is 0 Å². The van der Waals surface area contributed by atoms with Crippen LogP contribution >= 0.6 is 11.3 Å². The maximum atomic E-state index is 4.23. The van der Waals surface area contributed by atoms with E-state index in [9.17, 15) is 0 Å². The molecule has 0 aliphatic carbocycles. The van der Waals surface area contributed by atoms with Gasteiger partial charge in [-0.2, -0.15) is 11.3 Å². The molecule has 108 valence electrons. The van der Waals surface area contributed by atoms with Gasteiger partial charge in [0.2, 0.25) is 0 Å². The van der Waals surface area contributed by atoms with Crippen molar-refractivity contribution in [3.63, 3.8) is 0 Å². The Balaban J connectivity index is 2.15. The fourth-order valence-electron chi connectivity index (χ4n) is 1.70. The highest BCUT2D eigenvalue weighted by molar-refractivity contribution is 7.07. The minimum Gasteiger partial charge on any atom is -0.355 e. The summed E-state index contributed by atoms with van der Waals surface area (Å²) in [5, 5.41) is 10.9. The Labute approximate surface area is 120 Å². The van der Waals surface area contributed by atoms with Gasteiger partial charge in [-0.1, -0.05) is 13.3 Å². The molecule has 0 bridgehead atoms. The predicted molar refractivity (Wildman–Crippen MR) is 84.9 cm³/mol. The molecule has 0 saturated heterocycles. The Hall–Kier alpha value is -1.07. The molecule has 0 aliphatic rings. The molecule has 0 atom stereocenters. The summed E-state index contributed by atoms with van der Waals surface area (Å²) in [6.07, 6.45) is 2.52. The molecule has 0 amide bonds. The van der Waals surface area contributed by atoms with Gasteiger partial charge in [0.25, 0.3) is 0 Å². The first kappa shape index (κ1) is 16.0. The molecule has 0 saturated carbocycles. The maximum absolute atomic E-state index is 4.23. The first-order valence-corrected chi connectivity index (χ1v) is 7.84. The molecule has 1 aromatic rings. The SMILES string of the molecule is CCCCN(C)CCNC(=NC)NCc1ccsc1. The molecule has 1 rings (SSSR count). The summed E-state index contributed by atoms with van der Waals surface area (Å²) in [5.41, 5.74) is 1.30. The fourth-order valence-corrected chi connectivity index (χ4v) is 2.37. The number of nitrogens with zero attached hydrogens (tertiary/aromatic N) is 2. The summed E-state index contributed by atoms with van der Waals surface area (Å²) < 4.78 is 0. The Bertz CT molecular complexity index is 348. The number of rotatable bonds is 8. The highest BCUT2D eigenvalue weighted by atomic mass is 32.1. The molecule has 0 fully saturated rings. The van der Waals surface area contributed by atoms with Gasteiger partial charge < -0.3 is 15.5 Å². The standard InChI is InChI=1S/C14H26N4S/c1-4-5-8-18(3)9-7-16-14(15-2)17-11-13-6-10-19-12-13/h6,10,12H,4-5,7-9,11H2,1-3H3,(H2,15,16,17). The lowest BCUT2D eigenvalue weighted by Gasteiger charge is -2.17. The first-order valence-electron chi connectivity index (χ1n) is 6.90. The molecule has 1 heterocycles. The predicted octanol–water partition coefficient (Wildman–Crippen LogP) is 2.15. The lowest BCUT2D eigenvalue weighted by molar-refractivity contribution is 0.332. The molecule has 0 unspecified atom stereocenters. The second-order valence-corrected chi connectivity index (χ2v) is 5.42. The van der Waals surface area contributed by atoms with E-state index in [1.807, 2.05) is 7.05 Å². The fraction of sp³-hybridized carbons (Fsp3) is 0.643. The summed E-state index contributed by atoms with van der Waals surface area (Å²) in [5.74, 6) is 0.870. The largest absolute Gasteiger partial charge is 0.355 e. The van der Waals surface area contributed by atoms with Crippen LogP contribution in [0.4, 0.5) is 0 Å². The Morgan fingerprint density at radius 2 is 2.21 bits per heavy atom. The Morgan fingerprint density at radius 1 is 1.37 bits per heavy atom. The lowest BCUT2D eigenvalue weighted by atomic mass is 10.3.